The van der Waals surface area contributed by atoms with E-state index in [1.54, 1.807) is 5.01 Å². The number of ether oxygens (including phenoxy) is 2. The number of fused-ring (bicyclic) bond motifs is 1. The number of hydrogen-bond donors (Lipinski definition) is 1. The highest BCUT2D eigenvalue weighted by molar-refractivity contribution is 6.03. The van der Waals surface area contributed by atoms with Crippen molar-refractivity contribution < 1.29 is 19.1 Å². The third kappa shape index (κ3) is 4.43. The summed E-state index contributed by atoms with van der Waals surface area (Å²) in [5.41, 5.74) is 9.49. The Labute approximate surface area is 192 Å². The maximum Gasteiger partial charge on any atom is 0.257 e. The number of benzene rings is 2. The van der Waals surface area contributed by atoms with Crippen molar-refractivity contribution in [2.24, 2.45) is 16.8 Å². The zero-order valence-electron chi connectivity index (χ0n) is 18.7. The number of nitrogens with two attached hydrogens (primary N) is 1. The molecule has 1 fully saturated rings. The average molecular weight is 449 g/mol. The Bertz CT molecular complexity index is 1090. The minimum atomic E-state index is -0.254. The molecule has 3 heterocycles. The summed E-state index contributed by atoms with van der Waals surface area (Å²) in [6, 6.07) is 13.8. The number of piperidine rings is 1. The summed E-state index contributed by atoms with van der Waals surface area (Å²) in [5.74, 6) is 0.993. The quantitative estimate of drug-likeness (QED) is 0.758. The lowest BCUT2D eigenvalue weighted by Crippen LogP contribution is -2.44. The summed E-state index contributed by atoms with van der Waals surface area (Å²) >= 11 is 0. The molecule has 0 spiro atoms. The maximum atomic E-state index is 13.4. The summed E-state index contributed by atoms with van der Waals surface area (Å²) in [6.07, 6.45) is 2.00. The van der Waals surface area contributed by atoms with Crippen LogP contribution in [0.3, 0.4) is 0 Å². The first-order chi connectivity index (χ1) is 16.0. The normalized spacial score (nSPS) is 20.7. The van der Waals surface area contributed by atoms with Gasteiger partial charge in [0.2, 0.25) is 12.7 Å². The number of nitrogens with zero attached hydrogens (tertiary/aromatic N) is 3. The topological polar surface area (TPSA) is 97.5 Å². The van der Waals surface area contributed by atoms with Crippen molar-refractivity contribution in [3.05, 3.63) is 59.2 Å². The molecule has 0 unspecified atom stereocenters. The Hall–Kier alpha value is -3.39. The van der Waals surface area contributed by atoms with Gasteiger partial charge in [0.25, 0.3) is 5.91 Å². The van der Waals surface area contributed by atoms with Crippen LogP contribution in [0.15, 0.2) is 47.6 Å². The van der Waals surface area contributed by atoms with Crippen LogP contribution in [0.5, 0.6) is 11.5 Å². The molecular formula is C25H28N4O4. The van der Waals surface area contributed by atoms with E-state index < -0.39 is 0 Å². The van der Waals surface area contributed by atoms with Gasteiger partial charge in [-0.15, -0.1) is 0 Å². The van der Waals surface area contributed by atoms with E-state index in [9.17, 15) is 9.59 Å². The van der Waals surface area contributed by atoms with Gasteiger partial charge in [0, 0.05) is 12.3 Å². The van der Waals surface area contributed by atoms with Crippen LogP contribution in [0, 0.1) is 12.8 Å². The Kier molecular flexibility index (Phi) is 5.76. The molecule has 0 aliphatic carbocycles. The molecule has 172 valence electrons. The van der Waals surface area contributed by atoms with Gasteiger partial charge in [-0.3, -0.25) is 14.5 Å². The number of likely N-dealkylation sites (tertiary alicyclic amines) is 1. The Morgan fingerprint density at radius 3 is 2.52 bits per heavy atom. The molecule has 2 amide bonds. The van der Waals surface area contributed by atoms with Crippen LogP contribution in [0.2, 0.25) is 0 Å². The lowest BCUT2D eigenvalue weighted by Gasteiger charge is -2.31. The fraction of sp³-hybridized carbons (Fsp3) is 0.400. The van der Waals surface area contributed by atoms with Crippen molar-refractivity contribution in [3.8, 4) is 11.5 Å². The molecule has 2 aromatic rings. The molecule has 0 aromatic heterocycles. The third-order valence-electron chi connectivity index (χ3n) is 6.68. The zero-order chi connectivity index (χ0) is 22.9. The lowest BCUT2D eigenvalue weighted by molar-refractivity contribution is -0.134. The summed E-state index contributed by atoms with van der Waals surface area (Å²) in [4.78, 5) is 26.9. The Balaban J connectivity index is 1.37. The second kappa shape index (κ2) is 8.86. The number of amides is 2. The van der Waals surface area contributed by atoms with Gasteiger partial charge in [-0.05, 0) is 56.1 Å². The molecule has 1 atom stereocenters. The van der Waals surface area contributed by atoms with Crippen molar-refractivity contribution in [3.63, 3.8) is 0 Å². The lowest BCUT2D eigenvalue weighted by atomic mass is 9.96. The monoisotopic (exact) mass is 448 g/mol. The van der Waals surface area contributed by atoms with Crippen molar-refractivity contribution in [1.29, 1.82) is 0 Å². The van der Waals surface area contributed by atoms with Crippen molar-refractivity contribution in [2.75, 3.05) is 26.4 Å². The Morgan fingerprint density at radius 1 is 1.06 bits per heavy atom. The highest BCUT2D eigenvalue weighted by atomic mass is 16.7. The summed E-state index contributed by atoms with van der Waals surface area (Å²) in [5, 5.41) is 6.39. The van der Waals surface area contributed by atoms with E-state index in [1.807, 2.05) is 37.3 Å². The van der Waals surface area contributed by atoms with Gasteiger partial charge in [0.15, 0.2) is 11.5 Å². The van der Waals surface area contributed by atoms with E-state index in [2.05, 4.69) is 17.0 Å². The molecule has 5 rings (SSSR count). The minimum Gasteiger partial charge on any atom is -0.454 e. The highest BCUT2D eigenvalue weighted by Gasteiger charge is 2.35. The van der Waals surface area contributed by atoms with E-state index in [0.29, 0.717) is 43.9 Å². The number of carbonyl (C=O) groups excluding carboxylic acids is 2. The third-order valence-corrected chi connectivity index (χ3v) is 6.68. The number of aryl methyl sites for hydroxylation is 1. The van der Waals surface area contributed by atoms with Crippen molar-refractivity contribution in [2.45, 2.75) is 32.2 Å². The van der Waals surface area contributed by atoms with Crippen LogP contribution < -0.4 is 15.2 Å². The summed E-state index contributed by atoms with van der Waals surface area (Å²) in [6.45, 7) is 3.87. The van der Waals surface area contributed by atoms with Crippen molar-refractivity contribution in [1.82, 2.24) is 9.91 Å². The number of hydrogen-bond acceptors (Lipinski definition) is 6. The molecule has 2 N–H and O–H groups in total. The fourth-order valence-corrected chi connectivity index (χ4v) is 4.68. The van der Waals surface area contributed by atoms with Crippen LogP contribution in [0.1, 0.15) is 42.0 Å². The SMILES string of the molecule is Cc1ccc(C2=NN(C(=O)CN3CCC(C(N)=O)CC3)[C@H](c3ccc4c(c3)OCO4)C2)cc1. The molecule has 0 radical (unpaired) electrons. The number of primary amides is 1. The number of hydrazone groups is 1. The molecule has 1 saturated heterocycles. The van der Waals surface area contributed by atoms with E-state index >= 15 is 0 Å². The van der Waals surface area contributed by atoms with Gasteiger partial charge in [0.1, 0.15) is 0 Å². The summed E-state index contributed by atoms with van der Waals surface area (Å²) in [7, 11) is 0. The minimum absolute atomic E-state index is 0.0581. The molecule has 2 aromatic carbocycles. The van der Waals surface area contributed by atoms with Gasteiger partial charge in [-0.1, -0.05) is 35.9 Å². The zero-order valence-corrected chi connectivity index (χ0v) is 18.7. The number of carbonyl (C=O) groups is 2. The summed E-state index contributed by atoms with van der Waals surface area (Å²) < 4.78 is 11.0. The van der Waals surface area contributed by atoms with Gasteiger partial charge in [-0.25, -0.2) is 5.01 Å². The van der Waals surface area contributed by atoms with Crippen LogP contribution in [-0.4, -0.2) is 53.9 Å². The van der Waals surface area contributed by atoms with Gasteiger partial charge in [0.05, 0.1) is 18.3 Å². The van der Waals surface area contributed by atoms with Gasteiger partial charge < -0.3 is 15.2 Å². The first-order valence-corrected chi connectivity index (χ1v) is 11.4. The molecule has 8 heteroatoms. The van der Waals surface area contributed by atoms with E-state index in [1.165, 1.54) is 5.56 Å². The molecule has 8 nitrogen and oxygen atoms in total. The average Bonchev–Trinajstić information content (AvgIpc) is 3.47. The van der Waals surface area contributed by atoms with Crippen LogP contribution in [0.4, 0.5) is 0 Å². The second-order valence-electron chi connectivity index (χ2n) is 8.94. The maximum absolute atomic E-state index is 13.4. The smallest absolute Gasteiger partial charge is 0.257 e. The largest absolute Gasteiger partial charge is 0.454 e. The molecular weight excluding hydrogens is 420 g/mol. The first-order valence-electron chi connectivity index (χ1n) is 11.4. The van der Waals surface area contributed by atoms with Crippen LogP contribution in [-0.2, 0) is 9.59 Å². The predicted molar refractivity (Wildman–Crippen MR) is 123 cm³/mol. The van der Waals surface area contributed by atoms with E-state index in [4.69, 9.17) is 20.3 Å². The van der Waals surface area contributed by atoms with E-state index in [-0.39, 0.29) is 37.1 Å². The van der Waals surface area contributed by atoms with Gasteiger partial charge >= 0.3 is 0 Å². The van der Waals surface area contributed by atoms with Crippen molar-refractivity contribution >= 4 is 17.5 Å². The molecule has 33 heavy (non-hydrogen) atoms. The molecule has 0 bridgehead atoms. The molecule has 3 aliphatic heterocycles. The Morgan fingerprint density at radius 2 is 1.79 bits per heavy atom. The standard InChI is InChI=1S/C25H28N4O4/c1-16-2-4-17(5-3-16)20-13-21(19-6-7-22-23(12-19)33-15-32-22)29(27-20)24(30)14-28-10-8-18(9-11-28)25(26)31/h2-7,12,18,21H,8-11,13-15H2,1H3,(H2,26,31)/t21-/m0/s1. The number of rotatable bonds is 5. The molecule has 0 saturated carbocycles. The predicted octanol–water partition coefficient (Wildman–Crippen LogP) is 2.60. The first kappa shape index (κ1) is 21.5. The fourth-order valence-electron chi connectivity index (χ4n) is 4.68. The second-order valence-corrected chi connectivity index (χ2v) is 8.94. The van der Waals surface area contributed by atoms with E-state index in [0.717, 1.165) is 16.8 Å². The molecule has 3 aliphatic rings. The highest BCUT2D eigenvalue weighted by Crippen LogP contribution is 2.39. The van der Waals surface area contributed by atoms with Gasteiger partial charge in [-0.2, -0.15) is 5.10 Å². The van der Waals surface area contributed by atoms with Crippen LogP contribution in [0.25, 0.3) is 0 Å². The van der Waals surface area contributed by atoms with Crippen LogP contribution >= 0.6 is 0 Å².